The van der Waals surface area contributed by atoms with Crippen LogP contribution in [0.3, 0.4) is 0 Å². The summed E-state index contributed by atoms with van der Waals surface area (Å²) in [4.78, 5) is 23.2. The van der Waals surface area contributed by atoms with Crippen molar-refractivity contribution in [3.8, 4) is 0 Å². The van der Waals surface area contributed by atoms with Gasteiger partial charge in [0.1, 0.15) is 0 Å². The molecule has 1 amide bonds. The summed E-state index contributed by atoms with van der Waals surface area (Å²) in [5, 5.41) is 11.3. The van der Waals surface area contributed by atoms with Crippen LogP contribution in [0, 0.1) is 17.8 Å². The average molecular weight is 305 g/mol. The number of carboxylic acid groups (broad SMARTS) is 1. The molecule has 0 fully saturated rings. The van der Waals surface area contributed by atoms with Crippen LogP contribution in [-0.2, 0) is 9.59 Å². The minimum atomic E-state index is -1.07. The third-order valence-electron chi connectivity index (χ3n) is 3.67. The minimum Gasteiger partial charge on any atom is -0.550 e. The minimum absolute atomic E-state index is 0.149. The first-order valence-electron chi connectivity index (χ1n) is 7.71. The maximum Gasteiger partial charge on any atom is 0.238 e. The zero-order valence-corrected chi connectivity index (χ0v) is 13.5. The highest BCUT2D eigenvalue weighted by Gasteiger charge is 2.21. The molecule has 5 heteroatoms. The number of hydrazine groups is 1. The van der Waals surface area contributed by atoms with Crippen molar-refractivity contribution in [2.75, 3.05) is 5.43 Å². The zero-order valence-electron chi connectivity index (χ0n) is 13.5. The van der Waals surface area contributed by atoms with E-state index in [9.17, 15) is 14.7 Å². The predicted octanol–water partition coefficient (Wildman–Crippen LogP) is 1.96. The molecule has 2 N–H and O–H groups in total. The zero-order chi connectivity index (χ0) is 16.5. The van der Waals surface area contributed by atoms with Gasteiger partial charge in [0.05, 0.1) is 5.69 Å². The van der Waals surface area contributed by atoms with E-state index in [1.165, 1.54) is 0 Å². The van der Waals surface area contributed by atoms with Gasteiger partial charge in [0.25, 0.3) is 0 Å². The van der Waals surface area contributed by atoms with Gasteiger partial charge in [-0.3, -0.25) is 15.6 Å². The number of aliphatic carboxylic acids is 1. The van der Waals surface area contributed by atoms with Crippen LogP contribution in [0.1, 0.15) is 40.0 Å². The van der Waals surface area contributed by atoms with Crippen LogP contribution in [0.15, 0.2) is 30.3 Å². The maximum absolute atomic E-state index is 11.9. The number of carboxylic acids is 1. The molecule has 22 heavy (non-hydrogen) atoms. The van der Waals surface area contributed by atoms with Gasteiger partial charge in [-0.1, -0.05) is 45.4 Å². The van der Waals surface area contributed by atoms with Gasteiger partial charge in [0.2, 0.25) is 5.91 Å². The molecule has 0 aliphatic rings. The smallest absolute Gasteiger partial charge is 0.238 e. The quantitative estimate of drug-likeness (QED) is 0.683. The Morgan fingerprint density at radius 2 is 1.73 bits per heavy atom. The summed E-state index contributed by atoms with van der Waals surface area (Å²) in [5.41, 5.74) is 6.17. The molecule has 0 spiro atoms. The van der Waals surface area contributed by atoms with E-state index >= 15 is 0 Å². The van der Waals surface area contributed by atoms with Gasteiger partial charge < -0.3 is 9.90 Å². The Morgan fingerprint density at radius 1 is 1.09 bits per heavy atom. The highest BCUT2D eigenvalue weighted by atomic mass is 16.4. The first-order valence-corrected chi connectivity index (χ1v) is 7.71. The van der Waals surface area contributed by atoms with Crippen LogP contribution in [0.25, 0.3) is 0 Å². The van der Waals surface area contributed by atoms with Crippen LogP contribution >= 0.6 is 0 Å². The third-order valence-corrected chi connectivity index (χ3v) is 3.67. The molecule has 0 saturated heterocycles. The Labute approximate surface area is 132 Å². The van der Waals surface area contributed by atoms with Crippen LogP contribution in [0.4, 0.5) is 5.69 Å². The average Bonchev–Trinajstić information content (AvgIpc) is 2.45. The second kappa shape index (κ2) is 9.07. The Morgan fingerprint density at radius 3 is 2.27 bits per heavy atom. The number of nitrogens with one attached hydrogen (secondary N) is 2. The van der Waals surface area contributed by atoms with Gasteiger partial charge in [0.15, 0.2) is 0 Å². The largest absolute Gasteiger partial charge is 0.550 e. The summed E-state index contributed by atoms with van der Waals surface area (Å²) in [6, 6.07) is 9.26. The summed E-state index contributed by atoms with van der Waals surface area (Å²) < 4.78 is 0. The molecular formula is C17H25N2O3-. The number of hydrogen-bond acceptors (Lipinski definition) is 4. The lowest BCUT2D eigenvalue weighted by Crippen LogP contribution is -2.38. The first kappa shape index (κ1) is 18.0. The Balaban J connectivity index is 2.44. The van der Waals surface area contributed by atoms with Crippen LogP contribution in [0.2, 0.25) is 0 Å². The standard InChI is InChI=1S/C17H26N2O3/c1-12(2)9-10-15(17(21)22)13(3)11-16(20)19-18-14-7-5-4-6-8-14/h4-8,12-13,15,18H,9-11H2,1-3H3,(H,19,20)(H,21,22)/p-1/t13-,15+/m0/s1. The van der Waals surface area contributed by atoms with E-state index in [0.717, 1.165) is 12.1 Å². The number of amides is 1. The molecule has 2 atom stereocenters. The van der Waals surface area contributed by atoms with Gasteiger partial charge in [-0.05, 0) is 30.4 Å². The predicted molar refractivity (Wildman–Crippen MR) is 84.6 cm³/mol. The molecule has 0 saturated carbocycles. The number of benzene rings is 1. The second-order valence-electron chi connectivity index (χ2n) is 6.12. The van der Waals surface area contributed by atoms with Gasteiger partial charge in [0, 0.05) is 18.3 Å². The monoisotopic (exact) mass is 305 g/mol. The number of carbonyl (C=O) groups is 2. The van der Waals surface area contributed by atoms with E-state index < -0.39 is 11.9 Å². The Bertz CT molecular complexity index is 474. The number of para-hydroxylation sites is 1. The molecule has 0 bridgehead atoms. The van der Waals surface area contributed by atoms with Crippen LogP contribution in [0.5, 0.6) is 0 Å². The summed E-state index contributed by atoms with van der Waals surface area (Å²) in [7, 11) is 0. The second-order valence-corrected chi connectivity index (χ2v) is 6.12. The van der Waals surface area contributed by atoms with Crippen molar-refractivity contribution in [1.29, 1.82) is 0 Å². The van der Waals surface area contributed by atoms with Crippen LogP contribution in [-0.4, -0.2) is 11.9 Å². The number of hydrogen-bond donors (Lipinski definition) is 2. The van der Waals surface area contributed by atoms with E-state index in [-0.39, 0.29) is 18.2 Å². The molecule has 0 heterocycles. The van der Waals surface area contributed by atoms with E-state index in [2.05, 4.69) is 10.9 Å². The normalized spacial score (nSPS) is 13.5. The number of rotatable bonds is 9. The van der Waals surface area contributed by atoms with E-state index in [1.807, 2.05) is 44.2 Å². The van der Waals surface area contributed by atoms with Crippen molar-refractivity contribution < 1.29 is 14.7 Å². The SMILES string of the molecule is CC(C)CC[C@@H](C(=O)[O-])[C@@H](C)CC(=O)NNc1ccccc1. The van der Waals surface area contributed by atoms with Crippen molar-refractivity contribution in [2.45, 2.75) is 40.0 Å². The number of anilines is 1. The van der Waals surface area contributed by atoms with E-state index in [0.29, 0.717) is 12.3 Å². The van der Waals surface area contributed by atoms with Crippen molar-refractivity contribution in [3.63, 3.8) is 0 Å². The van der Waals surface area contributed by atoms with E-state index in [1.54, 1.807) is 6.92 Å². The summed E-state index contributed by atoms with van der Waals surface area (Å²) >= 11 is 0. The fourth-order valence-electron chi connectivity index (χ4n) is 2.30. The van der Waals surface area contributed by atoms with Gasteiger partial charge >= 0.3 is 0 Å². The molecule has 0 aliphatic heterocycles. The van der Waals surface area contributed by atoms with E-state index in [4.69, 9.17) is 0 Å². The number of carbonyl (C=O) groups excluding carboxylic acids is 2. The lowest BCUT2D eigenvalue weighted by atomic mass is 9.85. The molecule has 0 unspecified atom stereocenters. The lowest BCUT2D eigenvalue weighted by molar-refractivity contribution is -0.313. The summed E-state index contributed by atoms with van der Waals surface area (Å²) in [6.45, 7) is 5.88. The first-order chi connectivity index (χ1) is 10.4. The van der Waals surface area contributed by atoms with Crippen LogP contribution < -0.4 is 16.0 Å². The molecule has 1 rings (SSSR count). The fourth-order valence-corrected chi connectivity index (χ4v) is 2.30. The topological polar surface area (TPSA) is 81.3 Å². The molecule has 0 radical (unpaired) electrons. The molecule has 5 nitrogen and oxygen atoms in total. The summed E-state index contributed by atoms with van der Waals surface area (Å²) in [5.74, 6) is -1.72. The molecule has 0 aromatic heterocycles. The molecule has 1 aromatic carbocycles. The highest BCUT2D eigenvalue weighted by molar-refractivity contribution is 5.78. The van der Waals surface area contributed by atoms with Crippen molar-refractivity contribution in [2.24, 2.45) is 17.8 Å². The Hall–Kier alpha value is -2.04. The van der Waals surface area contributed by atoms with Crippen molar-refractivity contribution in [1.82, 2.24) is 5.43 Å². The van der Waals surface area contributed by atoms with Gasteiger partial charge in [-0.25, -0.2) is 0 Å². The van der Waals surface area contributed by atoms with Gasteiger partial charge in [-0.2, -0.15) is 0 Å². The molecule has 1 aromatic rings. The van der Waals surface area contributed by atoms with Crippen molar-refractivity contribution in [3.05, 3.63) is 30.3 Å². The van der Waals surface area contributed by atoms with Gasteiger partial charge in [-0.15, -0.1) is 0 Å². The lowest BCUT2D eigenvalue weighted by Gasteiger charge is -2.25. The molecule has 122 valence electrons. The summed E-state index contributed by atoms with van der Waals surface area (Å²) in [6.07, 6.45) is 1.50. The Kier molecular flexibility index (Phi) is 7.43. The maximum atomic E-state index is 11.9. The highest BCUT2D eigenvalue weighted by Crippen LogP contribution is 2.22. The molecular weight excluding hydrogens is 280 g/mol. The third kappa shape index (κ3) is 6.61. The molecule has 0 aliphatic carbocycles. The fraction of sp³-hybridized carbons (Fsp3) is 0.529. The van der Waals surface area contributed by atoms with Crippen molar-refractivity contribution >= 4 is 17.6 Å².